The number of aromatic carboxylic acids is 1. The molecule has 0 aliphatic carbocycles. The van der Waals surface area contributed by atoms with Crippen molar-refractivity contribution in [3.8, 4) is 5.69 Å². The zero-order valence-corrected chi connectivity index (χ0v) is 15.3. The number of halogens is 3. The molecular weight excluding hydrogens is 458 g/mol. The summed E-state index contributed by atoms with van der Waals surface area (Å²) in [6.45, 7) is 3.81. The van der Waals surface area contributed by atoms with E-state index in [1.807, 2.05) is 26.0 Å². The molecule has 0 radical (unpaired) electrons. The molecule has 0 saturated heterocycles. The number of carboxylic acid groups (broad SMARTS) is 1. The number of hydrogen-bond donors (Lipinski definition) is 1. The highest BCUT2D eigenvalue weighted by atomic mass is 79.9. The van der Waals surface area contributed by atoms with E-state index in [2.05, 4.69) is 58.1 Å². The fourth-order valence-electron chi connectivity index (χ4n) is 1.86. The van der Waals surface area contributed by atoms with Crippen LogP contribution >= 0.6 is 47.8 Å². The van der Waals surface area contributed by atoms with Gasteiger partial charge >= 0.3 is 5.97 Å². The van der Waals surface area contributed by atoms with E-state index < -0.39 is 5.97 Å². The van der Waals surface area contributed by atoms with E-state index in [9.17, 15) is 9.90 Å². The van der Waals surface area contributed by atoms with Gasteiger partial charge in [0.15, 0.2) is 5.69 Å². The molecule has 0 aliphatic rings. The lowest BCUT2D eigenvalue weighted by atomic mass is 10.1. The minimum atomic E-state index is -1.08. The molecule has 0 unspecified atom stereocenters. The summed E-state index contributed by atoms with van der Waals surface area (Å²) in [7, 11) is 0. The lowest BCUT2D eigenvalue weighted by Gasteiger charge is -2.13. The molecule has 0 atom stereocenters. The first-order valence-corrected chi connectivity index (χ1v) is 8.04. The Morgan fingerprint density at radius 3 is 2.25 bits per heavy atom. The van der Waals surface area contributed by atoms with E-state index in [0.29, 0.717) is 5.69 Å². The fourth-order valence-corrected chi connectivity index (χ4v) is 4.46. The van der Waals surface area contributed by atoms with Crippen molar-refractivity contribution in [1.82, 2.24) is 15.0 Å². The lowest BCUT2D eigenvalue weighted by Crippen LogP contribution is -2.09. The Morgan fingerprint density at radius 2 is 1.80 bits per heavy atom. The fraction of sp³-hybridized carbons (Fsp3) is 0.250. The highest BCUT2D eigenvalue weighted by Crippen LogP contribution is 2.34. The Morgan fingerprint density at radius 1 is 1.25 bits per heavy atom. The summed E-state index contributed by atoms with van der Waals surface area (Å²) in [5.41, 5.74) is 1.25. The van der Waals surface area contributed by atoms with Crippen LogP contribution < -0.4 is 0 Å². The predicted octanol–water partition coefficient (Wildman–Crippen LogP) is 4.38. The average Bonchev–Trinajstić information content (AvgIpc) is 2.72. The Bertz CT molecular complexity index is 660. The third-order valence-corrected chi connectivity index (χ3v) is 4.31. The number of carboxylic acids is 1. The van der Waals surface area contributed by atoms with Gasteiger partial charge in [0.2, 0.25) is 0 Å². The summed E-state index contributed by atoms with van der Waals surface area (Å²) in [5.74, 6) is -1.11. The molecule has 20 heavy (non-hydrogen) atoms. The van der Waals surface area contributed by atoms with E-state index in [1.54, 1.807) is 4.68 Å². The molecule has 2 rings (SSSR count). The third kappa shape index (κ3) is 2.82. The predicted molar refractivity (Wildman–Crippen MR) is 85.5 cm³/mol. The second kappa shape index (κ2) is 5.95. The van der Waals surface area contributed by atoms with Gasteiger partial charge in [-0.2, -0.15) is 0 Å². The van der Waals surface area contributed by atoms with Gasteiger partial charge in [-0.15, -0.1) is 5.10 Å². The van der Waals surface area contributed by atoms with Crippen molar-refractivity contribution in [2.45, 2.75) is 19.8 Å². The molecule has 0 saturated carbocycles. The van der Waals surface area contributed by atoms with Crippen molar-refractivity contribution in [3.63, 3.8) is 0 Å². The number of carbonyl (C=O) groups is 1. The Kier molecular flexibility index (Phi) is 4.66. The van der Waals surface area contributed by atoms with Crippen LogP contribution in [0.4, 0.5) is 0 Å². The van der Waals surface area contributed by atoms with E-state index >= 15 is 0 Å². The van der Waals surface area contributed by atoms with Gasteiger partial charge in [0, 0.05) is 13.4 Å². The van der Waals surface area contributed by atoms with Crippen molar-refractivity contribution in [1.29, 1.82) is 0 Å². The molecule has 0 aliphatic heterocycles. The van der Waals surface area contributed by atoms with Crippen LogP contribution in [0.3, 0.4) is 0 Å². The minimum Gasteiger partial charge on any atom is -0.476 e. The molecule has 8 heteroatoms. The van der Waals surface area contributed by atoms with Gasteiger partial charge in [-0.25, -0.2) is 9.48 Å². The molecular formula is C12H10Br3N3O2. The topological polar surface area (TPSA) is 68.0 Å². The van der Waals surface area contributed by atoms with Crippen LogP contribution in [0.25, 0.3) is 5.69 Å². The van der Waals surface area contributed by atoms with Crippen LogP contribution in [0.1, 0.15) is 35.9 Å². The summed E-state index contributed by atoms with van der Waals surface area (Å²) in [6, 6.07) is 3.73. The standard InChI is InChI=1S/C12H10Br3N3O2/c1-5(2)10-9(12(19)20)16-17-18(10)11-7(14)3-6(13)4-8(11)15/h3-5H,1-2H3,(H,19,20). The molecule has 0 spiro atoms. The average molecular weight is 468 g/mol. The van der Waals surface area contributed by atoms with Crippen LogP contribution in [0.15, 0.2) is 25.6 Å². The van der Waals surface area contributed by atoms with Gasteiger partial charge < -0.3 is 5.11 Å². The second-order valence-corrected chi connectivity index (χ2v) is 7.04. The number of benzene rings is 1. The third-order valence-electron chi connectivity index (χ3n) is 2.65. The van der Waals surface area contributed by atoms with E-state index in [4.69, 9.17) is 0 Å². The van der Waals surface area contributed by atoms with Crippen molar-refractivity contribution < 1.29 is 9.90 Å². The summed E-state index contributed by atoms with van der Waals surface area (Å²) < 4.78 is 4.00. The first kappa shape index (κ1) is 15.7. The highest BCUT2D eigenvalue weighted by Gasteiger charge is 2.24. The normalized spacial score (nSPS) is 11.1. The number of nitrogens with zero attached hydrogens (tertiary/aromatic N) is 3. The molecule has 1 heterocycles. The van der Waals surface area contributed by atoms with E-state index in [1.165, 1.54) is 0 Å². The second-order valence-electron chi connectivity index (χ2n) is 4.41. The lowest BCUT2D eigenvalue weighted by molar-refractivity contribution is 0.0688. The largest absolute Gasteiger partial charge is 0.476 e. The Labute approximate surface area is 140 Å². The van der Waals surface area contributed by atoms with Crippen LogP contribution in [0.2, 0.25) is 0 Å². The first-order chi connectivity index (χ1) is 9.32. The highest BCUT2D eigenvalue weighted by molar-refractivity contribution is 9.11. The summed E-state index contributed by atoms with van der Waals surface area (Å²) in [4.78, 5) is 11.2. The SMILES string of the molecule is CC(C)c1c(C(=O)O)nnn1-c1c(Br)cc(Br)cc1Br. The molecule has 106 valence electrons. The molecule has 1 N–H and O–H groups in total. The van der Waals surface area contributed by atoms with Gasteiger partial charge in [-0.3, -0.25) is 0 Å². The maximum atomic E-state index is 11.2. The molecule has 0 amide bonds. The Hall–Kier alpha value is -0.730. The summed E-state index contributed by atoms with van der Waals surface area (Å²) >= 11 is 10.3. The van der Waals surface area contributed by atoms with Crippen LogP contribution in [-0.4, -0.2) is 26.1 Å². The molecule has 0 fully saturated rings. The van der Waals surface area contributed by atoms with Crippen molar-refractivity contribution >= 4 is 53.8 Å². The van der Waals surface area contributed by atoms with E-state index in [0.717, 1.165) is 19.1 Å². The van der Waals surface area contributed by atoms with Crippen molar-refractivity contribution in [2.24, 2.45) is 0 Å². The van der Waals surface area contributed by atoms with Crippen LogP contribution in [-0.2, 0) is 0 Å². The number of rotatable bonds is 3. The first-order valence-electron chi connectivity index (χ1n) is 5.66. The zero-order valence-electron chi connectivity index (χ0n) is 10.6. The van der Waals surface area contributed by atoms with Crippen LogP contribution in [0.5, 0.6) is 0 Å². The molecule has 1 aromatic heterocycles. The maximum Gasteiger partial charge on any atom is 0.358 e. The van der Waals surface area contributed by atoms with Gasteiger partial charge in [0.1, 0.15) is 0 Å². The minimum absolute atomic E-state index is 0.0262. The van der Waals surface area contributed by atoms with Gasteiger partial charge in [0.25, 0.3) is 0 Å². The van der Waals surface area contributed by atoms with E-state index in [-0.39, 0.29) is 11.6 Å². The smallest absolute Gasteiger partial charge is 0.358 e. The summed E-state index contributed by atoms with van der Waals surface area (Å²) in [5, 5.41) is 17.0. The molecule has 2 aromatic rings. The number of hydrogen-bond acceptors (Lipinski definition) is 3. The van der Waals surface area contributed by atoms with Gasteiger partial charge in [-0.05, 0) is 49.9 Å². The van der Waals surface area contributed by atoms with Gasteiger partial charge in [0.05, 0.1) is 11.4 Å². The maximum absolute atomic E-state index is 11.2. The van der Waals surface area contributed by atoms with Gasteiger partial charge in [-0.1, -0.05) is 35.0 Å². The summed E-state index contributed by atoms with van der Waals surface area (Å²) in [6.07, 6.45) is 0. The molecule has 1 aromatic carbocycles. The quantitative estimate of drug-likeness (QED) is 0.727. The molecule has 5 nitrogen and oxygen atoms in total. The van der Waals surface area contributed by atoms with Crippen LogP contribution in [0, 0.1) is 0 Å². The van der Waals surface area contributed by atoms with Crippen molar-refractivity contribution in [2.75, 3.05) is 0 Å². The van der Waals surface area contributed by atoms with Crippen molar-refractivity contribution in [3.05, 3.63) is 36.9 Å². The Balaban J connectivity index is 2.74. The number of aromatic nitrogens is 3. The monoisotopic (exact) mass is 465 g/mol. The molecule has 0 bridgehead atoms. The zero-order chi connectivity index (χ0) is 15.0.